The number of aromatic nitrogens is 4. The fourth-order valence-corrected chi connectivity index (χ4v) is 4.64. The number of hydrogen-bond donors (Lipinski definition) is 2. The van der Waals surface area contributed by atoms with Crippen LogP contribution in [-0.2, 0) is 18.5 Å². The van der Waals surface area contributed by atoms with Crippen LogP contribution in [0.15, 0.2) is 47.7 Å². The van der Waals surface area contributed by atoms with E-state index in [0.717, 1.165) is 31.8 Å². The third-order valence-corrected chi connectivity index (χ3v) is 6.41. The van der Waals surface area contributed by atoms with Gasteiger partial charge in [0.15, 0.2) is 0 Å². The molecule has 0 saturated carbocycles. The SMILES string of the molecule is CC(C)CN(C(=O)c1cnc(C(C)(C)C)nc1NCc1ccco1)C1CNCC(Cn2ccnc2)C1.Cl.Cl. The van der Waals surface area contributed by atoms with Crippen LogP contribution in [0.1, 0.15) is 63.0 Å². The number of furan rings is 1. The van der Waals surface area contributed by atoms with Crippen LogP contribution >= 0.6 is 24.8 Å². The molecule has 1 aliphatic heterocycles. The molecule has 0 aliphatic carbocycles. The molecule has 0 aromatic carbocycles. The van der Waals surface area contributed by atoms with Crippen molar-refractivity contribution in [1.29, 1.82) is 0 Å². The highest BCUT2D eigenvalue weighted by atomic mass is 35.5. The number of rotatable bonds is 9. The largest absolute Gasteiger partial charge is 0.467 e. The van der Waals surface area contributed by atoms with Crippen molar-refractivity contribution in [3.05, 3.63) is 60.5 Å². The van der Waals surface area contributed by atoms with Gasteiger partial charge in [-0.3, -0.25) is 4.79 Å². The first kappa shape index (κ1) is 31.6. The van der Waals surface area contributed by atoms with Crippen molar-refractivity contribution in [2.45, 2.75) is 65.6 Å². The average molecular weight is 567 g/mol. The molecule has 1 saturated heterocycles. The van der Waals surface area contributed by atoms with Crippen LogP contribution in [0.2, 0.25) is 0 Å². The van der Waals surface area contributed by atoms with Crippen LogP contribution in [0, 0.1) is 11.8 Å². The van der Waals surface area contributed by atoms with Gasteiger partial charge in [0.1, 0.15) is 23.0 Å². The van der Waals surface area contributed by atoms with Gasteiger partial charge in [0, 0.05) is 49.7 Å². The Morgan fingerprint density at radius 1 is 1.29 bits per heavy atom. The first-order valence-corrected chi connectivity index (χ1v) is 12.8. The van der Waals surface area contributed by atoms with Crippen molar-refractivity contribution in [2.75, 3.05) is 25.0 Å². The topological polar surface area (TPSA) is 101 Å². The Hall–Kier alpha value is -2.62. The highest BCUT2D eigenvalue weighted by Gasteiger charge is 2.33. The minimum absolute atomic E-state index is 0. The minimum Gasteiger partial charge on any atom is -0.467 e. The molecule has 2 N–H and O–H groups in total. The summed E-state index contributed by atoms with van der Waals surface area (Å²) in [6.07, 6.45) is 9.91. The first-order chi connectivity index (χ1) is 17.2. The summed E-state index contributed by atoms with van der Waals surface area (Å²) in [7, 11) is 0. The maximum absolute atomic E-state index is 14.1. The summed E-state index contributed by atoms with van der Waals surface area (Å²) in [5, 5.41) is 6.90. The predicted octanol–water partition coefficient (Wildman–Crippen LogP) is 4.80. The molecule has 4 heterocycles. The fraction of sp³-hybridized carbons (Fsp3) is 0.556. The number of amides is 1. The summed E-state index contributed by atoms with van der Waals surface area (Å²) in [6.45, 7) is 14.2. The van der Waals surface area contributed by atoms with Gasteiger partial charge in [-0.05, 0) is 36.9 Å². The van der Waals surface area contributed by atoms with Gasteiger partial charge in [0.25, 0.3) is 5.91 Å². The quantitative estimate of drug-likeness (QED) is 0.384. The van der Waals surface area contributed by atoms with E-state index in [1.165, 1.54) is 0 Å². The zero-order valence-corrected chi connectivity index (χ0v) is 24.5. The van der Waals surface area contributed by atoms with E-state index in [4.69, 9.17) is 9.40 Å². The Kier molecular flexibility index (Phi) is 11.6. The lowest BCUT2D eigenvalue weighted by Crippen LogP contribution is -2.53. The monoisotopic (exact) mass is 565 g/mol. The van der Waals surface area contributed by atoms with Crippen LogP contribution in [0.3, 0.4) is 0 Å². The van der Waals surface area contributed by atoms with Crippen LogP contribution in [-0.4, -0.2) is 56.0 Å². The summed E-state index contributed by atoms with van der Waals surface area (Å²) < 4.78 is 7.60. The van der Waals surface area contributed by atoms with Gasteiger partial charge >= 0.3 is 0 Å². The van der Waals surface area contributed by atoms with Crippen LogP contribution in [0.4, 0.5) is 5.82 Å². The number of carbonyl (C=O) groups is 1. The molecule has 1 fully saturated rings. The van der Waals surface area contributed by atoms with Gasteiger partial charge in [-0.1, -0.05) is 34.6 Å². The molecule has 4 rings (SSSR count). The molecule has 2 atom stereocenters. The van der Waals surface area contributed by atoms with E-state index >= 15 is 0 Å². The molecule has 3 aromatic heterocycles. The Morgan fingerprint density at radius 3 is 2.71 bits per heavy atom. The normalized spacial score (nSPS) is 17.4. The molecule has 0 bridgehead atoms. The smallest absolute Gasteiger partial charge is 0.259 e. The van der Waals surface area contributed by atoms with Crippen molar-refractivity contribution < 1.29 is 9.21 Å². The molecule has 3 aromatic rings. The van der Waals surface area contributed by atoms with E-state index in [-0.39, 0.29) is 42.2 Å². The third kappa shape index (κ3) is 8.19. The lowest BCUT2D eigenvalue weighted by Gasteiger charge is -2.39. The molecule has 1 amide bonds. The standard InChI is InChI=1S/C27H39N7O2.2ClH/c1-19(2)16-34(21-11-20(12-29-13-21)17-33-9-8-28-18-33)25(35)23-15-31-26(27(3,4)5)32-24(23)30-14-22-7-6-10-36-22;;/h6-10,15,18-21,29H,11-14,16-17H2,1-5H3,(H,30,31,32);2*1H. The number of hydrogen-bond acceptors (Lipinski definition) is 7. The summed E-state index contributed by atoms with van der Waals surface area (Å²) >= 11 is 0. The Morgan fingerprint density at radius 2 is 2.08 bits per heavy atom. The Balaban J connectivity index is 0.00000253. The Bertz CT molecular complexity index is 1120. The van der Waals surface area contributed by atoms with E-state index in [0.29, 0.717) is 42.1 Å². The lowest BCUT2D eigenvalue weighted by atomic mass is 9.93. The van der Waals surface area contributed by atoms with Gasteiger partial charge in [0.2, 0.25) is 0 Å². The summed E-state index contributed by atoms with van der Waals surface area (Å²) in [6, 6.07) is 3.84. The van der Waals surface area contributed by atoms with Crippen molar-refractivity contribution >= 4 is 36.5 Å². The maximum atomic E-state index is 14.1. The van der Waals surface area contributed by atoms with E-state index in [9.17, 15) is 4.79 Å². The Labute approximate surface area is 238 Å². The highest BCUT2D eigenvalue weighted by molar-refractivity contribution is 5.98. The van der Waals surface area contributed by atoms with E-state index in [1.54, 1.807) is 18.7 Å². The zero-order valence-electron chi connectivity index (χ0n) is 22.9. The van der Waals surface area contributed by atoms with E-state index in [2.05, 4.69) is 59.8 Å². The predicted molar refractivity (Wildman–Crippen MR) is 154 cm³/mol. The third-order valence-electron chi connectivity index (χ3n) is 6.41. The lowest BCUT2D eigenvalue weighted by molar-refractivity contribution is 0.0581. The maximum Gasteiger partial charge on any atom is 0.259 e. The van der Waals surface area contributed by atoms with Crippen molar-refractivity contribution in [1.82, 2.24) is 29.7 Å². The molecule has 0 spiro atoms. The van der Waals surface area contributed by atoms with Gasteiger partial charge in [0.05, 0.1) is 19.1 Å². The molecular formula is C27H41Cl2N7O2. The van der Waals surface area contributed by atoms with E-state index in [1.807, 2.05) is 29.6 Å². The second-order valence-corrected chi connectivity index (χ2v) is 11.2. The van der Waals surface area contributed by atoms with Crippen LogP contribution in [0.5, 0.6) is 0 Å². The van der Waals surface area contributed by atoms with Gasteiger partial charge in [-0.2, -0.15) is 0 Å². The molecule has 210 valence electrons. The average Bonchev–Trinajstić information content (AvgIpc) is 3.54. The molecule has 11 heteroatoms. The number of anilines is 1. The first-order valence-electron chi connectivity index (χ1n) is 12.8. The minimum atomic E-state index is -0.242. The van der Waals surface area contributed by atoms with Crippen molar-refractivity contribution in [3.63, 3.8) is 0 Å². The fourth-order valence-electron chi connectivity index (χ4n) is 4.64. The highest BCUT2D eigenvalue weighted by Crippen LogP contribution is 2.26. The number of nitrogens with zero attached hydrogens (tertiary/aromatic N) is 5. The number of nitrogens with one attached hydrogen (secondary N) is 2. The van der Waals surface area contributed by atoms with Crippen molar-refractivity contribution in [3.8, 4) is 0 Å². The molecule has 38 heavy (non-hydrogen) atoms. The molecule has 2 unspecified atom stereocenters. The summed E-state index contributed by atoms with van der Waals surface area (Å²) in [5.41, 5.74) is 0.251. The van der Waals surface area contributed by atoms with E-state index < -0.39 is 0 Å². The molecule has 1 aliphatic rings. The second-order valence-electron chi connectivity index (χ2n) is 11.2. The number of carbonyl (C=O) groups excluding carboxylic acids is 1. The molecule has 0 radical (unpaired) electrons. The van der Waals surface area contributed by atoms with Gasteiger partial charge in [-0.25, -0.2) is 15.0 Å². The second kappa shape index (κ2) is 14.0. The van der Waals surface area contributed by atoms with Gasteiger partial charge < -0.3 is 24.5 Å². The van der Waals surface area contributed by atoms with Crippen molar-refractivity contribution in [2.24, 2.45) is 11.8 Å². The number of halogens is 2. The van der Waals surface area contributed by atoms with Crippen LogP contribution in [0.25, 0.3) is 0 Å². The molecular weight excluding hydrogens is 525 g/mol. The molecule has 9 nitrogen and oxygen atoms in total. The summed E-state index contributed by atoms with van der Waals surface area (Å²) in [5.74, 6) is 2.72. The summed E-state index contributed by atoms with van der Waals surface area (Å²) in [4.78, 5) is 29.7. The number of imidazole rings is 1. The number of piperidine rings is 1. The van der Waals surface area contributed by atoms with Crippen LogP contribution < -0.4 is 10.6 Å². The van der Waals surface area contributed by atoms with Gasteiger partial charge in [-0.15, -0.1) is 24.8 Å². The zero-order chi connectivity index (χ0) is 25.7.